The molecular weight excluding hydrogens is 288 g/mol. The third-order valence-electron chi connectivity index (χ3n) is 3.76. The lowest BCUT2D eigenvalue weighted by molar-refractivity contribution is 0.168. The molecule has 0 saturated carbocycles. The highest BCUT2D eigenvalue weighted by molar-refractivity contribution is 5.62. The molecule has 0 aliphatic carbocycles. The van der Waals surface area contributed by atoms with Crippen LogP contribution in [0.15, 0.2) is 34.9 Å². The molecule has 0 radical (unpaired) electrons. The number of ether oxygens (including phenoxy) is 1. The maximum Gasteiger partial charge on any atom is 0.341 e. The van der Waals surface area contributed by atoms with E-state index in [0.29, 0.717) is 11.6 Å². The standard InChI is InChI=1S/C19H24N2O2/c1-3-5-6-7-8-12-15-17(4-2)22-19-18(20-21-23-19)16-13-10-9-11-14-16/h2,9-11,13-14,17H,3,5-8,12,15H2,1H3. The Labute approximate surface area is 138 Å². The molecule has 1 aromatic heterocycles. The summed E-state index contributed by atoms with van der Waals surface area (Å²) < 4.78 is 10.9. The van der Waals surface area contributed by atoms with Crippen molar-refractivity contribution >= 4 is 0 Å². The molecule has 1 heterocycles. The van der Waals surface area contributed by atoms with E-state index >= 15 is 0 Å². The minimum Gasteiger partial charge on any atom is -0.446 e. The van der Waals surface area contributed by atoms with Gasteiger partial charge in [-0.2, -0.15) is 0 Å². The van der Waals surface area contributed by atoms with E-state index in [9.17, 15) is 0 Å². The minimum atomic E-state index is -0.307. The second kappa shape index (κ2) is 9.68. The predicted molar refractivity (Wildman–Crippen MR) is 91.0 cm³/mol. The van der Waals surface area contributed by atoms with Crippen molar-refractivity contribution in [2.45, 2.75) is 58.0 Å². The molecule has 0 fully saturated rings. The van der Waals surface area contributed by atoms with Crippen LogP contribution in [0, 0.1) is 12.3 Å². The molecule has 0 saturated heterocycles. The van der Waals surface area contributed by atoms with Crippen LogP contribution in [0.3, 0.4) is 0 Å². The van der Waals surface area contributed by atoms with Gasteiger partial charge < -0.3 is 4.74 Å². The van der Waals surface area contributed by atoms with Gasteiger partial charge in [-0.3, -0.25) is 4.52 Å². The summed E-state index contributed by atoms with van der Waals surface area (Å²) in [7, 11) is 0. The van der Waals surface area contributed by atoms with Gasteiger partial charge in [0.15, 0.2) is 11.8 Å². The van der Waals surface area contributed by atoms with Crippen LogP contribution < -0.4 is 4.74 Å². The molecular formula is C19H24N2O2. The number of nitrogens with zero attached hydrogens (tertiary/aromatic N) is 2. The van der Waals surface area contributed by atoms with E-state index in [4.69, 9.17) is 15.7 Å². The van der Waals surface area contributed by atoms with Gasteiger partial charge in [0.25, 0.3) is 0 Å². The van der Waals surface area contributed by atoms with E-state index in [1.54, 1.807) is 0 Å². The molecule has 0 aliphatic rings. The van der Waals surface area contributed by atoms with Gasteiger partial charge in [-0.25, -0.2) is 0 Å². The van der Waals surface area contributed by atoms with Crippen LogP contribution in [0.2, 0.25) is 0 Å². The zero-order valence-corrected chi connectivity index (χ0v) is 13.7. The number of terminal acetylenes is 1. The van der Waals surface area contributed by atoms with Crippen LogP contribution in [0.25, 0.3) is 11.3 Å². The lowest BCUT2D eigenvalue weighted by Gasteiger charge is -2.11. The number of unbranched alkanes of at least 4 members (excludes halogenated alkanes) is 5. The molecule has 0 amide bonds. The smallest absolute Gasteiger partial charge is 0.341 e. The molecule has 0 aliphatic heterocycles. The van der Waals surface area contributed by atoms with Gasteiger partial charge in [-0.1, -0.05) is 75.3 Å². The summed E-state index contributed by atoms with van der Waals surface area (Å²) in [6.07, 6.45) is 13.4. The first-order valence-corrected chi connectivity index (χ1v) is 8.35. The molecule has 1 atom stereocenters. The Morgan fingerprint density at radius 1 is 1.13 bits per heavy atom. The van der Waals surface area contributed by atoms with Crippen LogP contribution in [-0.4, -0.2) is 16.5 Å². The van der Waals surface area contributed by atoms with Crippen molar-refractivity contribution in [3.63, 3.8) is 0 Å². The molecule has 4 nitrogen and oxygen atoms in total. The molecule has 122 valence electrons. The Morgan fingerprint density at radius 2 is 1.87 bits per heavy atom. The normalized spacial score (nSPS) is 11.8. The SMILES string of the molecule is C#CC(CCCCCCCC)Oc1onnc1-c1ccccc1. The van der Waals surface area contributed by atoms with Crippen LogP contribution in [0.1, 0.15) is 51.9 Å². The number of rotatable bonds is 10. The van der Waals surface area contributed by atoms with E-state index < -0.39 is 0 Å². The monoisotopic (exact) mass is 312 g/mol. The lowest BCUT2D eigenvalue weighted by atomic mass is 10.1. The van der Waals surface area contributed by atoms with Crippen molar-refractivity contribution in [2.75, 3.05) is 0 Å². The highest BCUT2D eigenvalue weighted by atomic mass is 16.6. The maximum atomic E-state index is 5.79. The summed E-state index contributed by atoms with van der Waals surface area (Å²) in [6, 6.07) is 9.68. The van der Waals surface area contributed by atoms with Crippen LogP contribution >= 0.6 is 0 Å². The Balaban J connectivity index is 1.86. The average Bonchev–Trinajstić information content (AvgIpc) is 3.05. The molecule has 1 aromatic carbocycles. The third-order valence-corrected chi connectivity index (χ3v) is 3.76. The Bertz CT molecular complexity index is 601. The van der Waals surface area contributed by atoms with Gasteiger partial charge in [0.1, 0.15) is 0 Å². The summed E-state index contributed by atoms with van der Waals surface area (Å²) in [6.45, 7) is 2.22. The minimum absolute atomic E-state index is 0.296. The summed E-state index contributed by atoms with van der Waals surface area (Å²) in [5, 5.41) is 7.59. The molecule has 1 unspecified atom stereocenters. The van der Waals surface area contributed by atoms with Crippen molar-refractivity contribution in [1.29, 1.82) is 0 Å². The van der Waals surface area contributed by atoms with Gasteiger partial charge in [0, 0.05) is 10.8 Å². The summed E-state index contributed by atoms with van der Waals surface area (Å²) in [5.74, 6) is 2.98. The van der Waals surface area contributed by atoms with Gasteiger partial charge in [-0.15, -0.1) is 11.5 Å². The first kappa shape index (κ1) is 17.1. The van der Waals surface area contributed by atoms with Gasteiger partial charge in [-0.05, 0) is 12.8 Å². The number of aromatic nitrogens is 2. The fraction of sp³-hybridized carbons (Fsp3) is 0.474. The molecule has 2 rings (SSSR count). The fourth-order valence-electron chi connectivity index (χ4n) is 2.45. The fourth-order valence-corrected chi connectivity index (χ4v) is 2.45. The van der Waals surface area contributed by atoms with Crippen molar-refractivity contribution in [1.82, 2.24) is 10.4 Å². The van der Waals surface area contributed by atoms with E-state index in [0.717, 1.165) is 18.4 Å². The van der Waals surface area contributed by atoms with E-state index in [1.807, 2.05) is 30.3 Å². The van der Waals surface area contributed by atoms with Crippen LogP contribution in [0.4, 0.5) is 0 Å². The van der Waals surface area contributed by atoms with Gasteiger partial charge in [0.2, 0.25) is 0 Å². The summed E-state index contributed by atoms with van der Waals surface area (Å²) in [5.41, 5.74) is 1.49. The second-order valence-corrected chi connectivity index (χ2v) is 5.60. The van der Waals surface area contributed by atoms with Crippen LogP contribution in [0.5, 0.6) is 5.95 Å². The molecule has 0 N–H and O–H groups in total. The van der Waals surface area contributed by atoms with E-state index in [1.165, 1.54) is 32.1 Å². The summed E-state index contributed by atoms with van der Waals surface area (Å²) in [4.78, 5) is 0. The molecule has 0 spiro atoms. The topological polar surface area (TPSA) is 48.2 Å². The Morgan fingerprint density at radius 3 is 2.61 bits per heavy atom. The first-order valence-electron chi connectivity index (χ1n) is 8.35. The average molecular weight is 312 g/mol. The lowest BCUT2D eigenvalue weighted by Crippen LogP contribution is -2.14. The van der Waals surface area contributed by atoms with Gasteiger partial charge in [0.05, 0.1) is 0 Å². The van der Waals surface area contributed by atoms with E-state index in [2.05, 4.69) is 23.2 Å². The molecule has 4 heteroatoms. The van der Waals surface area contributed by atoms with Crippen LogP contribution in [-0.2, 0) is 0 Å². The zero-order chi connectivity index (χ0) is 16.3. The molecule has 2 aromatic rings. The van der Waals surface area contributed by atoms with E-state index in [-0.39, 0.29) is 6.10 Å². The highest BCUT2D eigenvalue weighted by Gasteiger charge is 2.17. The highest BCUT2D eigenvalue weighted by Crippen LogP contribution is 2.28. The van der Waals surface area contributed by atoms with Gasteiger partial charge >= 0.3 is 5.95 Å². The van der Waals surface area contributed by atoms with Crippen molar-refractivity contribution in [3.05, 3.63) is 30.3 Å². The van der Waals surface area contributed by atoms with Crippen molar-refractivity contribution < 1.29 is 9.26 Å². The first-order chi connectivity index (χ1) is 11.3. The summed E-state index contributed by atoms with van der Waals surface area (Å²) >= 11 is 0. The largest absolute Gasteiger partial charge is 0.446 e. The zero-order valence-electron chi connectivity index (χ0n) is 13.7. The number of hydrogen-bond donors (Lipinski definition) is 0. The Kier molecular flexibility index (Phi) is 7.19. The molecule has 0 bridgehead atoms. The predicted octanol–water partition coefficient (Wildman–Crippen LogP) is 4.87. The Hall–Kier alpha value is -2.28. The number of hydrogen-bond acceptors (Lipinski definition) is 4. The third kappa shape index (κ3) is 5.45. The second-order valence-electron chi connectivity index (χ2n) is 5.60. The molecule has 23 heavy (non-hydrogen) atoms. The number of benzene rings is 1. The van der Waals surface area contributed by atoms with Crippen molar-refractivity contribution in [3.8, 4) is 29.5 Å². The maximum absolute atomic E-state index is 5.79. The van der Waals surface area contributed by atoms with Crippen molar-refractivity contribution in [2.24, 2.45) is 0 Å². The quantitative estimate of drug-likeness (QED) is 0.464.